The molecule has 92 valence electrons. The Morgan fingerprint density at radius 3 is 2.39 bits per heavy atom. The zero-order chi connectivity index (χ0) is 13.1. The highest BCUT2D eigenvalue weighted by Crippen LogP contribution is 2.10. The van der Waals surface area contributed by atoms with Crippen molar-refractivity contribution < 1.29 is 9.90 Å². The van der Waals surface area contributed by atoms with Crippen LogP contribution in [0.1, 0.15) is 15.9 Å². The molecule has 0 aliphatic heterocycles. The lowest BCUT2D eigenvalue weighted by Gasteiger charge is -2.08. The Labute approximate surface area is 112 Å². The van der Waals surface area contributed by atoms with Crippen LogP contribution in [0.3, 0.4) is 0 Å². The summed E-state index contributed by atoms with van der Waals surface area (Å²) in [4.78, 5) is 22.4. The van der Waals surface area contributed by atoms with Gasteiger partial charge in [0, 0.05) is 6.07 Å². The summed E-state index contributed by atoms with van der Waals surface area (Å²) < 4.78 is 2.26. The lowest BCUT2D eigenvalue weighted by molar-refractivity contribution is 0.0697. The summed E-state index contributed by atoms with van der Waals surface area (Å²) >= 11 is 3.31. The van der Waals surface area contributed by atoms with Gasteiger partial charge in [-0.1, -0.05) is 18.2 Å². The van der Waals surface area contributed by atoms with E-state index >= 15 is 0 Å². The average Bonchev–Trinajstić information content (AvgIpc) is 2.34. The Hall–Kier alpha value is -1.88. The van der Waals surface area contributed by atoms with Crippen molar-refractivity contribution in [2.75, 3.05) is 0 Å². The fraction of sp³-hybridized carbons (Fsp3) is 0.0769. The predicted molar refractivity (Wildman–Crippen MR) is 70.9 cm³/mol. The van der Waals surface area contributed by atoms with Crippen molar-refractivity contribution in [2.45, 2.75) is 6.54 Å². The van der Waals surface area contributed by atoms with Gasteiger partial charge in [-0.15, -0.1) is 0 Å². The molecule has 2 rings (SSSR count). The molecule has 0 radical (unpaired) electrons. The van der Waals surface area contributed by atoms with Crippen LogP contribution in [0, 0.1) is 0 Å². The number of aromatic carboxylic acids is 1. The van der Waals surface area contributed by atoms with E-state index < -0.39 is 5.97 Å². The molecule has 0 fully saturated rings. The van der Waals surface area contributed by atoms with Gasteiger partial charge in [-0.05, 0) is 39.7 Å². The Morgan fingerprint density at radius 2 is 1.83 bits per heavy atom. The molecule has 0 atom stereocenters. The van der Waals surface area contributed by atoms with E-state index in [0.29, 0.717) is 11.1 Å². The minimum atomic E-state index is -0.959. The van der Waals surface area contributed by atoms with E-state index in [4.69, 9.17) is 5.11 Å². The third kappa shape index (κ3) is 2.68. The Kier molecular flexibility index (Phi) is 3.62. The fourth-order valence-electron chi connectivity index (χ4n) is 1.58. The second kappa shape index (κ2) is 5.18. The molecule has 4 nitrogen and oxygen atoms in total. The molecule has 1 aromatic heterocycles. The molecule has 18 heavy (non-hydrogen) atoms. The first-order valence-electron chi connectivity index (χ1n) is 5.25. The molecule has 0 saturated heterocycles. The van der Waals surface area contributed by atoms with Crippen LogP contribution in [0.4, 0.5) is 0 Å². The molecule has 0 bridgehead atoms. The van der Waals surface area contributed by atoms with Crippen molar-refractivity contribution >= 4 is 21.9 Å². The normalized spacial score (nSPS) is 10.3. The summed E-state index contributed by atoms with van der Waals surface area (Å²) in [5.74, 6) is -0.959. The third-order valence-electron chi connectivity index (χ3n) is 2.54. The molecule has 1 aromatic carbocycles. The van der Waals surface area contributed by atoms with Crippen molar-refractivity contribution in [1.82, 2.24) is 4.57 Å². The number of aromatic nitrogens is 1. The van der Waals surface area contributed by atoms with Crippen LogP contribution in [0.15, 0.2) is 51.9 Å². The van der Waals surface area contributed by atoms with Gasteiger partial charge >= 0.3 is 5.97 Å². The lowest BCUT2D eigenvalue weighted by Crippen LogP contribution is -2.20. The van der Waals surface area contributed by atoms with E-state index in [1.165, 1.54) is 18.2 Å². The summed E-state index contributed by atoms with van der Waals surface area (Å²) in [5, 5.41) is 8.79. The van der Waals surface area contributed by atoms with Crippen LogP contribution in [0.25, 0.3) is 0 Å². The quantitative estimate of drug-likeness (QED) is 0.886. The van der Waals surface area contributed by atoms with Gasteiger partial charge in [-0.3, -0.25) is 9.36 Å². The van der Waals surface area contributed by atoms with E-state index in [1.807, 2.05) is 0 Å². The van der Waals surface area contributed by atoms with Crippen LogP contribution in [0.2, 0.25) is 0 Å². The van der Waals surface area contributed by atoms with Crippen molar-refractivity contribution in [3.05, 3.63) is 68.5 Å². The number of hydrogen-bond donors (Lipinski definition) is 1. The van der Waals surface area contributed by atoms with Crippen LogP contribution in [-0.4, -0.2) is 15.6 Å². The maximum Gasteiger partial charge on any atom is 0.335 e. The number of carbonyl (C=O) groups is 1. The molecule has 0 saturated carbocycles. The van der Waals surface area contributed by atoms with Gasteiger partial charge < -0.3 is 5.11 Å². The topological polar surface area (TPSA) is 59.3 Å². The summed E-state index contributed by atoms with van der Waals surface area (Å²) in [5.41, 5.74) is 0.999. The van der Waals surface area contributed by atoms with Crippen molar-refractivity contribution in [1.29, 1.82) is 0 Å². The van der Waals surface area contributed by atoms with E-state index in [2.05, 4.69) is 15.9 Å². The van der Waals surface area contributed by atoms with Gasteiger partial charge in [-0.2, -0.15) is 0 Å². The first-order valence-corrected chi connectivity index (χ1v) is 6.05. The molecule has 5 heteroatoms. The average molecular weight is 308 g/mol. The highest BCUT2D eigenvalue weighted by atomic mass is 79.9. The number of halogens is 1. The van der Waals surface area contributed by atoms with Gasteiger partial charge in [0.2, 0.25) is 0 Å². The zero-order valence-corrected chi connectivity index (χ0v) is 10.9. The number of pyridine rings is 1. The van der Waals surface area contributed by atoms with Gasteiger partial charge in [-0.25, -0.2) is 4.79 Å². The molecular weight excluding hydrogens is 298 g/mol. The summed E-state index contributed by atoms with van der Waals surface area (Å²) in [6.45, 7) is 0.403. The van der Waals surface area contributed by atoms with Crippen molar-refractivity contribution in [3.8, 4) is 0 Å². The molecule has 0 aliphatic rings. The second-order valence-electron chi connectivity index (χ2n) is 3.77. The fourth-order valence-corrected chi connectivity index (χ4v) is 2.04. The molecule has 0 aliphatic carbocycles. The van der Waals surface area contributed by atoms with Crippen molar-refractivity contribution in [3.63, 3.8) is 0 Å². The summed E-state index contributed by atoms with van der Waals surface area (Å²) in [6, 6.07) is 11.4. The van der Waals surface area contributed by atoms with E-state index in [0.717, 1.165) is 5.56 Å². The van der Waals surface area contributed by atoms with Crippen LogP contribution in [-0.2, 0) is 6.54 Å². The number of carboxylic acid groups (broad SMARTS) is 1. The maximum absolute atomic E-state index is 11.7. The van der Waals surface area contributed by atoms with Gasteiger partial charge in [0.05, 0.1) is 16.7 Å². The number of nitrogens with zero attached hydrogens (tertiary/aromatic N) is 1. The zero-order valence-electron chi connectivity index (χ0n) is 9.34. The lowest BCUT2D eigenvalue weighted by atomic mass is 10.1. The van der Waals surface area contributed by atoms with Gasteiger partial charge in [0.25, 0.3) is 5.56 Å². The standard InChI is InChI=1S/C13H10BrNO3/c14-11-2-1-3-12(16)15(11)8-9-4-6-10(7-5-9)13(17)18/h1-7H,8H2,(H,17,18). The van der Waals surface area contributed by atoms with Gasteiger partial charge in [0.1, 0.15) is 0 Å². The minimum Gasteiger partial charge on any atom is -0.478 e. The summed E-state index contributed by atoms with van der Waals surface area (Å²) in [6.07, 6.45) is 0. The molecule has 1 heterocycles. The van der Waals surface area contributed by atoms with E-state index in [-0.39, 0.29) is 11.1 Å². The number of benzene rings is 1. The monoisotopic (exact) mass is 307 g/mol. The molecule has 0 amide bonds. The smallest absolute Gasteiger partial charge is 0.335 e. The molecule has 1 N–H and O–H groups in total. The largest absolute Gasteiger partial charge is 0.478 e. The minimum absolute atomic E-state index is 0.105. The highest BCUT2D eigenvalue weighted by Gasteiger charge is 2.04. The van der Waals surface area contributed by atoms with E-state index in [1.54, 1.807) is 28.8 Å². The molecule has 0 spiro atoms. The Morgan fingerprint density at radius 1 is 1.17 bits per heavy atom. The molecule has 2 aromatic rings. The second-order valence-corrected chi connectivity index (χ2v) is 4.59. The SMILES string of the molecule is O=C(O)c1ccc(Cn2c(Br)cccc2=O)cc1. The van der Waals surface area contributed by atoms with Crippen LogP contribution >= 0.6 is 15.9 Å². The van der Waals surface area contributed by atoms with Crippen LogP contribution in [0.5, 0.6) is 0 Å². The Balaban J connectivity index is 2.29. The molecule has 0 unspecified atom stereocenters. The first kappa shape index (κ1) is 12.6. The first-order chi connectivity index (χ1) is 8.58. The number of rotatable bonds is 3. The number of carboxylic acids is 1. The van der Waals surface area contributed by atoms with E-state index in [9.17, 15) is 9.59 Å². The maximum atomic E-state index is 11.7. The predicted octanol–water partition coefficient (Wildman–Crippen LogP) is 2.36. The van der Waals surface area contributed by atoms with Gasteiger partial charge in [0.15, 0.2) is 0 Å². The summed E-state index contributed by atoms with van der Waals surface area (Å²) in [7, 11) is 0. The van der Waals surface area contributed by atoms with Crippen molar-refractivity contribution in [2.24, 2.45) is 0 Å². The number of hydrogen-bond acceptors (Lipinski definition) is 2. The Bertz CT molecular complexity index is 631. The van der Waals surface area contributed by atoms with Crippen LogP contribution < -0.4 is 5.56 Å². The highest BCUT2D eigenvalue weighted by molar-refractivity contribution is 9.10. The third-order valence-corrected chi connectivity index (χ3v) is 3.23. The molecular formula is C13H10BrNO3.